The molecule has 0 radical (unpaired) electrons. The lowest BCUT2D eigenvalue weighted by atomic mass is 10.1. The van der Waals surface area contributed by atoms with Gasteiger partial charge < -0.3 is 4.57 Å². The molecule has 72 valence electrons. The molecule has 13 heavy (non-hydrogen) atoms. The number of aromatic amines is 1. The first kappa shape index (κ1) is 9.77. The summed E-state index contributed by atoms with van der Waals surface area (Å²) in [4.78, 5) is 24.1. The van der Waals surface area contributed by atoms with Crippen LogP contribution in [0.2, 0.25) is 0 Å². The average Bonchev–Trinajstić information content (AvgIpc) is 2.02. The summed E-state index contributed by atoms with van der Waals surface area (Å²) in [7, 11) is 0. The van der Waals surface area contributed by atoms with Crippen molar-refractivity contribution in [1.29, 1.82) is 0 Å². The lowest BCUT2D eigenvalue weighted by Crippen LogP contribution is -2.28. The number of nitrogens with zero attached hydrogens (tertiary/aromatic N) is 1. The van der Waals surface area contributed by atoms with Gasteiger partial charge >= 0.3 is 5.69 Å². The van der Waals surface area contributed by atoms with Crippen molar-refractivity contribution in [3.8, 4) is 0 Å². The van der Waals surface area contributed by atoms with Gasteiger partial charge in [-0.05, 0) is 12.3 Å². The van der Waals surface area contributed by atoms with Crippen molar-refractivity contribution in [1.82, 2.24) is 9.55 Å². The number of H-pyrrole nitrogens is 1. The van der Waals surface area contributed by atoms with E-state index in [1.165, 1.54) is 16.8 Å². The third-order valence-electron chi connectivity index (χ3n) is 1.84. The third-order valence-corrected chi connectivity index (χ3v) is 1.84. The van der Waals surface area contributed by atoms with Crippen molar-refractivity contribution in [2.45, 2.75) is 26.8 Å². The number of aromatic nitrogens is 2. The molecule has 0 saturated heterocycles. The molecule has 0 saturated carbocycles. The molecule has 1 heterocycles. The summed E-state index contributed by atoms with van der Waals surface area (Å²) in [6.45, 7) is 4.85. The Kier molecular flexibility index (Phi) is 3.06. The summed E-state index contributed by atoms with van der Waals surface area (Å²) < 4.78 is 1.52. The van der Waals surface area contributed by atoms with Crippen LogP contribution in [0.1, 0.15) is 20.3 Å². The van der Waals surface area contributed by atoms with Crippen LogP contribution >= 0.6 is 0 Å². The van der Waals surface area contributed by atoms with E-state index in [-0.39, 0.29) is 11.2 Å². The minimum Gasteiger partial charge on any atom is -0.301 e. The lowest BCUT2D eigenvalue weighted by molar-refractivity contribution is 0.501. The Morgan fingerprint density at radius 1 is 1.46 bits per heavy atom. The number of nitrogens with one attached hydrogen (secondary N) is 1. The summed E-state index contributed by atoms with van der Waals surface area (Å²) in [5, 5.41) is 0. The molecule has 0 bridgehead atoms. The quantitative estimate of drug-likeness (QED) is 0.743. The number of hydrogen-bond donors (Lipinski definition) is 1. The Morgan fingerprint density at radius 3 is 2.69 bits per heavy atom. The molecule has 1 N–H and O–H groups in total. The zero-order chi connectivity index (χ0) is 9.84. The van der Waals surface area contributed by atoms with Gasteiger partial charge in [0.15, 0.2) is 0 Å². The summed E-state index contributed by atoms with van der Waals surface area (Å²) >= 11 is 0. The van der Waals surface area contributed by atoms with Crippen LogP contribution < -0.4 is 11.2 Å². The van der Waals surface area contributed by atoms with Gasteiger partial charge in [0.05, 0.1) is 0 Å². The molecular formula is C9H14N2O2. The third kappa shape index (κ3) is 2.89. The predicted molar refractivity (Wildman–Crippen MR) is 50.8 cm³/mol. The molecule has 0 fully saturated rings. The van der Waals surface area contributed by atoms with Crippen LogP contribution in [0.25, 0.3) is 0 Å². The van der Waals surface area contributed by atoms with Crippen LogP contribution in [-0.2, 0) is 6.54 Å². The lowest BCUT2D eigenvalue weighted by Gasteiger charge is -2.05. The normalized spacial score (nSPS) is 10.7. The SMILES string of the molecule is CC(C)CCn1ccc(=O)[nH]c1=O. The molecule has 1 aromatic rings. The molecule has 0 spiro atoms. The first-order valence-electron chi connectivity index (χ1n) is 4.39. The smallest absolute Gasteiger partial charge is 0.301 e. The van der Waals surface area contributed by atoms with Crippen LogP contribution in [0.3, 0.4) is 0 Å². The summed E-state index contributed by atoms with van der Waals surface area (Å²) in [5.41, 5.74) is -0.668. The molecule has 0 aromatic carbocycles. The molecule has 0 aliphatic carbocycles. The van der Waals surface area contributed by atoms with Crippen LogP contribution in [0.15, 0.2) is 21.9 Å². The van der Waals surface area contributed by atoms with Gasteiger partial charge in [0.2, 0.25) is 0 Å². The topological polar surface area (TPSA) is 54.9 Å². The van der Waals surface area contributed by atoms with E-state index in [1.807, 2.05) is 0 Å². The molecule has 0 aliphatic heterocycles. The number of hydrogen-bond acceptors (Lipinski definition) is 2. The molecule has 1 aromatic heterocycles. The number of aryl methyl sites for hydroxylation is 1. The molecule has 0 atom stereocenters. The minimum atomic E-state index is -0.342. The molecule has 1 rings (SSSR count). The van der Waals surface area contributed by atoms with E-state index >= 15 is 0 Å². The van der Waals surface area contributed by atoms with Crippen LogP contribution in [0.4, 0.5) is 0 Å². The van der Waals surface area contributed by atoms with E-state index in [0.29, 0.717) is 12.5 Å². The first-order valence-corrected chi connectivity index (χ1v) is 4.39. The van der Waals surface area contributed by atoms with Crippen molar-refractivity contribution in [3.63, 3.8) is 0 Å². The van der Waals surface area contributed by atoms with Gasteiger partial charge in [-0.15, -0.1) is 0 Å². The van der Waals surface area contributed by atoms with Crippen molar-refractivity contribution in [3.05, 3.63) is 33.1 Å². The maximum Gasteiger partial charge on any atom is 0.328 e. The van der Waals surface area contributed by atoms with Crippen molar-refractivity contribution in [2.24, 2.45) is 5.92 Å². The van der Waals surface area contributed by atoms with E-state index in [0.717, 1.165) is 6.42 Å². The van der Waals surface area contributed by atoms with E-state index in [9.17, 15) is 9.59 Å². The Labute approximate surface area is 76.2 Å². The fourth-order valence-corrected chi connectivity index (χ4v) is 1.02. The maximum absolute atomic E-state index is 11.2. The van der Waals surface area contributed by atoms with Gasteiger partial charge in [-0.25, -0.2) is 4.79 Å². The first-order chi connectivity index (χ1) is 6.09. The van der Waals surface area contributed by atoms with Crippen molar-refractivity contribution < 1.29 is 0 Å². The Bertz CT molecular complexity index is 376. The summed E-state index contributed by atoms with van der Waals surface area (Å²) in [5.74, 6) is 0.554. The second kappa shape index (κ2) is 4.07. The zero-order valence-corrected chi connectivity index (χ0v) is 7.91. The molecule has 0 aliphatic rings. The number of rotatable bonds is 3. The Morgan fingerprint density at radius 2 is 2.15 bits per heavy atom. The monoisotopic (exact) mass is 182 g/mol. The highest BCUT2D eigenvalue weighted by molar-refractivity contribution is 4.82. The van der Waals surface area contributed by atoms with Crippen LogP contribution in [0.5, 0.6) is 0 Å². The highest BCUT2D eigenvalue weighted by atomic mass is 16.2. The van der Waals surface area contributed by atoms with E-state index in [2.05, 4.69) is 18.8 Å². The van der Waals surface area contributed by atoms with Crippen molar-refractivity contribution >= 4 is 0 Å². The van der Waals surface area contributed by atoms with E-state index in [1.54, 1.807) is 0 Å². The summed E-state index contributed by atoms with van der Waals surface area (Å²) in [6, 6.07) is 1.36. The predicted octanol–water partition coefficient (Wildman–Crippen LogP) is 0.583. The van der Waals surface area contributed by atoms with Gasteiger partial charge in [-0.2, -0.15) is 0 Å². The molecule has 4 nitrogen and oxygen atoms in total. The van der Waals surface area contributed by atoms with Crippen molar-refractivity contribution in [2.75, 3.05) is 0 Å². The zero-order valence-electron chi connectivity index (χ0n) is 7.91. The maximum atomic E-state index is 11.2. The average molecular weight is 182 g/mol. The fraction of sp³-hybridized carbons (Fsp3) is 0.556. The van der Waals surface area contributed by atoms with Gasteiger partial charge in [0, 0.05) is 18.8 Å². The van der Waals surface area contributed by atoms with Gasteiger partial charge in [-0.3, -0.25) is 9.78 Å². The highest BCUT2D eigenvalue weighted by Crippen LogP contribution is 1.99. The Hall–Kier alpha value is -1.32. The Balaban J connectivity index is 2.79. The molecule has 4 heteroatoms. The van der Waals surface area contributed by atoms with Gasteiger partial charge in [-0.1, -0.05) is 13.8 Å². The van der Waals surface area contributed by atoms with E-state index < -0.39 is 0 Å². The standard InChI is InChI=1S/C9H14N2O2/c1-7(2)3-5-11-6-4-8(12)10-9(11)13/h4,6-7H,3,5H2,1-2H3,(H,10,12,13). The van der Waals surface area contributed by atoms with Crippen LogP contribution in [-0.4, -0.2) is 9.55 Å². The fourth-order valence-electron chi connectivity index (χ4n) is 1.02. The van der Waals surface area contributed by atoms with E-state index in [4.69, 9.17) is 0 Å². The highest BCUT2D eigenvalue weighted by Gasteiger charge is 1.97. The van der Waals surface area contributed by atoms with Crippen LogP contribution in [0, 0.1) is 5.92 Å². The van der Waals surface area contributed by atoms with Gasteiger partial charge in [0.1, 0.15) is 0 Å². The largest absolute Gasteiger partial charge is 0.328 e. The minimum absolute atomic E-state index is 0.326. The second-order valence-corrected chi connectivity index (χ2v) is 3.49. The summed E-state index contributed by atoms with van der Waals surface area (Å²) in [6.07, 6.45) is 2.47. The van der Waals surface area contributed by atoms with Gasteiger partial charge in [0.25, 0.3) is 5.56 Å². The molecular weight excluding hydrogens is 168 g/mol. The molecule has 0 unspecified atom stereocenters. The second-order valence-electron chi connectivity index (χ2n) is 3.49. The molecule has 0 amide bonds.